The van der Waals surface area contributed by atoms with Crippen LogP contribution in [0.3, 0.4) is 0 Å². The molecule has 0 radical (unpaired) electrons. The summed E-state index contributed by atoms with van der Waals surface area (Å²) in [5, 5.41) is 10.1. The number of hydrogen-bond acceptors (Lipinski definition) is 4. The minimum Gasteiger partial charge on any atom is -0.481 e. The number of aryl methyl sites for hydroxylation is 1. The van der Waals surface area contributed by atoms with Crippen LogP contribution in [0.5, 0.6) is 0 Å². The summed E-state index contributed by atoms with van der Waals surface area (Å²) in [5.41, 5.74) is 4.73. The Morgan fingerprint density at radius 2 is 1.85 bits per heavy atom. The number of carboxylic acid groups (broad SMARTS) is 1. The van der Waals surface area contributed by atoms with Crippen molar-refractivity contribution in [1.82, 2.24) is 14.7 Å². The Balaban J connectivity index is 1.55. The lowest BCUT2D eigenvalue weighted by Crippen LogP contribution is -2.26. The molecule has 0 aliphatic carbocycles. The first-order valence-electron chi connectivity index (χ1n) is 10.8. The topological polar surface area (TPSA) is 112 Å². The van der Waals surface area contributed by atoms with Crippen molar-refractivity contribution in [3.8, 4) is 0 Å². The van der Waals surface area contributed by atoms with Crippen molar-refractivity contribution in [1.29, 1.82) is 0 Å². The van der Waals surface area contributed by atoms with Crippen LogP contribution in [0.1, 0.15) is 28.8 Å². The third kappa shape index (κ3) is 5.67. The number of nitrogens with zero attached hydrogens (tertiary/aromatic N) is 1. The monoisotopic (exact) mass is 481 g/mol. The van der Waals surface area contributed by atoms with Crippen LogP contribution in [0.15, 0.2) is 71.9 Å². The highest BCUT2D eigenvalue weighted by molar-refractivity contribution is 7.89. The predicted molar refractivity (Wildman–Crippen MR) is 127 cm³/mol. The molecule has 0 spiro atoms. The van der Waals surface area contributed by atoms with Crippen molar-refractivity contribution in [2.24, 2.45) is 0 Å². The van der Waals surface area contributed by atoms with Gasteiger partial charge in [-0.3, -0.25) is 9.78 Å². The lowest BCUT2D eigenvalue weighted by molar-refractivity contribution is -0.136. The molecule has 0 unspecified atom stereocenters. The van der Waals surface area contributed by atoms with E-state index >= 15 is 0 Å². The first-order chi connectivity index (χ1) is 16.3. The van der Waals surface area contributed by atoms with E-state index in [1.165, 1.54) is 12.1 Å². The van der Waals surface area contributed by atoms with Gasteiger partial charge >= 0.3 is 5.97 Å². The van der Waals surface area contributed by atoms with Gasteiger partial charge in [0.15, 0.2) is 0 Å². The van der Waals surface area contributed by atoms with E-state index in [0.29, 0.717) is 19.3 Å². The van der Waals surface area contributed by atoms with Crippen molar-refractivity contribution in [3.63, 3.8) is 0 Å². The molecule has 0 saturated carbocycles. The van der Waals surface area contributed by atoms with E-state index in [0.717, 1.165) is 45.4 Å². The molecule has 0 amide bonds. The molecule has 7 nitrogen and oxygen atoms in total. The van der Waals surface area contributed by atoms with Gasteiger partial charge in [-0.1, -0.05) is 12.1 Å². The molecule has 2 aromatic heterocycles. The van der Waals surface area contributed by atoms with Gasteiger partial charge in [0.05, 0.1) is 11.3 Å². The maximum absolute atomic E-state index is 13.1. The third-order valence-electron chi connectivity index (χ3n) is 5.58. The summed E-state index contributed by atoms with van der Waals surface area (Å²) in [6.45, 7) is 0.180. The van der Waals surface area contributed by atoms with Crippen LogP contribution in [0.2, 0.25) is 0 Å². The zero-order chi connectivity index (χ0) is 24.1. The van der Waals surface area contributed by atoms with E-state index in [4.69, 9.17) is 5.11 Å². The van der Waals surface area contributed by atoms with Crippen molar-refractivity contribution in [2.45, 2.75) is 30.6 Å². The highest BCUT2D eigenvalue weighted by Gasteiger charge is 2.16. The van der Waals surface area contributed by atoms with E-state index in [2.05, 4.69) is 14.7 Å². The lowest BCUT2D eigenvalue weighted by Gasteiger charge is -2.08. The molecule has 4 rings (SSSR count). The van der Waals surface area contributed by atoms with Gasteiger partial charge < -0.3 is 10.1 Å². The molecule has 9 heteroatoms. The Morgan fingerprint density at radius 3 is 2.56 bits per heavy atom. The van der Waals surface area contributed by atoms with Crippen LogP contribution in [-0.2, 0) is 34.1 Å². The molecule has 4 aromatic rings. The van der Waals surface area contributed by atoms with Crippen molar-refractivity contribution >= 4 is 26.9 Å². The number of aromatic amines is 1. The van der Waals surface area contributed by atoms with E-state index in [1.807, 2.05) is 30.3 Å². The van der Waals surface area contributed by atoms with E-state index in [1.54, 1.807) is 12.4 Å². The molecule has 0 fully saturated rings. The summed E-state index contributed by atoms with van der Waals surface area (Å²) in [5.74, 6) is -1.36. The number of nitrogens with one attached hydrogen (secondary N) is 2. The second-order valence-corrected chi connectivity index (χ2v) is 9.76. The number of carbonyl (C=O) groups is 1. The molecule has 3 N–H and O–H groups in total. The largest absolute Gasteiger partial charge is 0.481 e. The quantitative estimate of drug-likeness (QED) is 0.319. The Morgan fingerprint density at radius 1 is 1.06 bits per heavy atom. The van der Waals surface area contributed by atoms with Crippen LogP contribution in [0.25, 0.3) is 10.9 Å². The zero-order valence-electron chi connectivity index (χ0n) is 18.3. The van der Waals surface area contributed by atoms with Gasteiger partial charge in [0, 0.05) is 42.0 Å². The minimum absolute atomic E-state index is 0.0109. The van der Waals surface area contributed by atoms with Gasteiger partial charge in [-0.2, -0.15) is 0 Å². The predicted octanol–water partition coefficient (Wildman–Crippen LogP) is 3.83. The van der Waals surface area contributed by atoms with E-state index in [9.17, 15) is 17.6 Å². The molecule has 2 aromatic carbocycles. The highest BCUT2D eigenvalue weighted by Crippen LogP contribution is 2.27. The number of fused-ring (bicyclic) bond motifs is 1. The number of carboxylic acids is 1. The fourth-order valence-corrected chi connectivity index (χ4v) is 4.92. The first kappa shape index (κ1) is 23.6. The minimum atomic E-state index is -3.74. The maximum atomic E-state index is 13.1. The van der Waals surface area contributed by atoms with Crippen molar-refractivity contribution in [3.05, 3.63) is 95.2 Å². The third-order valence-corrected chi connectivity index (χ3v) is 7.06. The molecule has 0 atom stereocenters. The van der Waals surface area contributed by atoms with Crippen LogP contribution in [0.4, 0.5) is 4.39 Å². The normalized spacial score (nSPS) is 11.7. The SMILES string of the molecule is O=C(O)CCc1[nH]c2ccc(CCNS(=O)(=O)c3ccc(F)cc3)cc2c1Cc1cccnc1. The van der Waals surface area contributed by atoms with Gasteiger partial charge in [-0.25, -0.2) is 17.5 Å². The number of aliphatic carboxylic acids is 1. The number of benzene rings is 2. The number of pyridine rings is 1. The molecule has 34 heavy (non-hydrogen) atoms. The fourth-order valence-electron chi connectivity index (χ4n) is 3.89. The molecular formula is C25H24FN3O4S. The van der Waals surface area contributed by atoms with Crippen LogP contribution in [-0.4, -0.2) is 36.0 Å². The number of aromatic nitrogens is 2. The molecule has 2 heterocycles. The fraction of sp³-hybridized carbons (Fsp3) is 0.200. The second-order valence-electron chi connectivity index (χ2n) is 8.00. The molecular weight excluding hydrogens is 457 g/mol. The van der Waals surface area contributed by atoms with Crippen molar-refractivity contribution < 1.29 is 22.7 Å². The Hall–Kier alpha value is -3.56. The Labute approximate surface area is 196 Å². The molecule has 0 aliphatic rings. The summed E-state index contributed by atoms with van der Waals surface area (Å²) in [4.78, 5) is 18.7. The number of rotatable bonds is 10. The van der Waals surface area contributed by atoms with Crippen LogP contribution < -0.4 is 4.72 Å². The molecule has 0 saturated heterocycles. The van der Waals surface area contributed by atoms with Gasteiger partial charge in [0.2, 0.25) is 10.0 Å². The van der Waals surface area contributed by atoms with Crippen molar-refractivity contribution in [2.75, 3.05) is 6.54 Å². The number of H-pyrrole nitrogens is 1. The van der Waals surface area contributed by atoms with E-state index in [-0.39, 0.29) is 17.9 Å². The number of hydrogen-bond donors (Lipinski definition) is 3. The highest BCUT2D eigenvalue weighted by atomic mass is 32.2. The first-order valence-corrected chi connectivity index (χ1v) is 12.3. The average Bonchev–Trinajstić information content (AvgIpc) is 3.15. The van der Waals surface area contributed by atoms with Gasteiger partial charge in [0.25, 0.3) is 0 Å². The summed E-state index contributed by atoms with van der Waals surface area (Å²) in [6, 6.07) is 14.4. The zero-order valence-corrected chi connectivity index (χ0v) is 19.1. The summed E-state index contributed by atoms with van der Waals surface area (Å²) in [6.07, 6.45) is 4.95. The van der Waals surface area contributed by atoms with Gasteiger partial charge in [-0.15, -0.1) is 0 Å². The number of sulfonamides is 1. The van der Waals surface area contributed by atoms with Gasteiger partial charge in [-0.05, 0) is 72.0 Å². The Bertz CT molecular complexity index is 1400. The summed E-state index contributed by atoms with van der Waals surface area (Å²) >= 11 is 0. The Kier molecular flexibility index (Phi) is 7.04. The number of halogens is 1. The lowest BCUT2D eigenvalue weighted by atomic mass is 9.99. The summed E-state index contributed by atoms with van der Waals surface area (Å²) < 4.78 is 40.5. The smallest absolute Gasteiger partial charge is 0.303 e. The maximum Gasteiger partial charge on any atom is 0.303 e. The molecule has 0 bridgehead atoms. The standard InChI is InChI=1S/C25H24FN3O4S/c26-19-4-6-20(7-5-19)34(32,33)28-13-11-17-3-8-23-21(14-17)22(15-18-2-1-12-27-16-18)24(29-23)9-10-25(30)31/h1-8,12,14,16,28-29H,9-11,13,15H2,(H,30,31). The van der Waals surface area contributed by atoms with E-state index < -0.39 is 21.8 Å². The second kappa shape index (κ2) is 10.1. The average molecular weight is 482 g/mol. The van der Waals surface area contributed by atoms with Crippen LogP contribution in [0, 0.1) is 5.82 Å². The molecule has 0 aliphatic heterocycles. The van der Waals surface area contributed by atoms with Crippen LogP contribution >= 0.6 is 0 Å². The molecule has 176 valence electrons. The van der Waals surface area contributed by atoms with Gasteiger partial charge in [0.1, 0.15) is 5.82 Å². The summed E-state index contributed by atoms with van der Waals surface area (Å²) in [7, 11) is -3.74.